The van der Waals surface area contributed by atoms with E-state index in [4.69, 9.17) is 9.26 Å². The van der Waals surface area contributed by atoms with Gasteiger partial charge in [0.2, 0.25) is 11.8 Å². The summed E-state index contributed by atoms with van der Waals surface area (Å²) in [7, 11) is 0. The van der Waals surface area contributed by atoms with Crippen molar-refractivity contribution in [1.82, 2.24) is 20.0 Å². The van der Waals surface area contributed by atoms with Gasteiger partial charge in [0.1, 0.15) is 6.04 Å². The maximum atomic E-state index is 12.9. The summed E-state index contributed by atoms with van der Waals surface area (Å²) in [6.07, 6.45) is 2.15. The molecule has 134 valence electrons. The molecule has 3 heterocycles. The molecule has 1 saturated heterocycles. The lowest BCUT2D eigenvalue weighted by molar-refractivity contribution is 0.0692. The van der Waals surface area contributed by atoms with E-state index in [0.29, 0.717) is 29.6 Å². The summed E-state index contributed by atoms with van der Waals surface area (Å²) in [5.41, 5.74) is 0.448. The molecule has 0 aliphatic carbocycles. The number of β-amino-alcohol motifs (C(OH)–C–C–N with tert-alkyl or cyclic N) is 1. The lowest BCUT2D eigenvalue weighted by atomic mass is 10.2. The Balaban J connectivity index is 1.82. The van der Waals surface area contributed by atoms with E-state index in [1.807, 2.05) is 13.8 Å². The van der Waals surface area contributed by atoms with Gasteiger partial charge in [-0.1, -0.05) is 12.1 Å². The minimum atomic E-state index is -0.626. The largest absolute Gasteiger partial charge is 0.475 e. The lowest BCUT2D eigenvalue weighted by Gasteiger charge is -2.22. The second kappa shape index (κ2) is 7.18. The van der Waals surface area contributed by atoms with E-state index in [1.165, 1.54) is 0 Å². The number of hydrogen-bond donors (Lipinski definition) is 1. The van der Waals surface area contributed by atoms with E-state index < -0.39 is 12.1 Å². The number of carbonyl (C=O) groups is 1. The van der Waals surface area contributed by atoms with Gasteiger partial charge in [-0.25, -0.2) is 4.98 Å². The maximum absolute atomic E-state index is 12.9. The van der Waals surface area contributed by atoms with Crippen LogP contribution in [0.25, 0.3) is 0 Å². The number of aromatic nitrogens is 3. The van der Waals surface area contributed by atoms with E-state index in [0.717, 1.165) is 6.42 Å². The molecule has 0 unspecified atom stereocenters. The first-order valence-corrected chi connectivity index (χ1v) is 8.39. The molecule has 3 rings (SSSR count). The summed E-state index contributed by atoms with van der Waals surface area (Å²) >= 11 is 0. The molecule has 1 aliphatic rings. The lowest BCUT2D eigenvalue weighted by Crippen LogP contribution is -2.32. The third kappa shape index (κ3) is 3.79. The zero-order valence-electron chi connectivity index (χ0n) is 14.5. The van der Waals surface area contributed by atoms with Crippen LogP contribution in [0.3, 0.4) is 0 Å². The number of amides is 1. The van der Waals surface area contributed by atoms with Crippen LogP contribution < -0.4 is 4.74 Å². The van der Waals surface area contributed by atoms with E-state index in [1.54, 1.807) is 30.2 Å². The Bertz CT molecular complexity index is 748. The Morgan fingerprint density at radius 1 is 1.56 bits per heavy atom. The molecule has 3 atom stereocenters. The standard InChI is InChI=1S/C17H22N4O4/c1-4-10(2)24-15-7-12(5-6-18-15)17(23)21-9-13(22)8-14(21)16-19-11(3)20-25-16/h5-7,10,13-14,22H,4,8-9H2,1-3H3/t10-,13-,14-/m1/s1. The molecule has 1 aliphatic heterocycles. The number of nitrogens with zero attached hydrogens (tertiary/aromatic N) is 4. The van der Waals surface area contributed by atoms with Crippen LogP contribution in [0.1, 0.15) is 54.8 Å². The number of carbonyl (C=O) groups excluding carboxylic acids is 1. The number of aliphatic hydroxyl groups is 1. The highest BCUT2D eigenvalue weighted by Gasteiger charge is 2.39. The van der Waals surface area contributed by atoms with Crippen molar-refractivity contribution in [2.45, 2.75) is 51.9 Å². The first-order valence-electron chi connectivity index (χ1n) is 8.39. The molecule has 8 nitrogen and oxygen atoms in total. The Labute approximate surface area is 145 Å². The molecule has 0 bridgehead atoms. The van der Waals surface area contributed by atoms with Crippen molar-refractivity contribution in [3.05, 3.63) is 35.6 Å². The van der Waals surface area contributed by atoms with Crippen molar-refractivity contribution in [2.75, 3.05) is 6.54 Å². The predicted octanol–water partition coefficient (Wildman–Crippen LogP) is 1.90. The van der Waals surface area contributed by atoms with Crippen molar-refractivity contribution >= 4 is 5.91 Å². The van der Waals surface area contributed by atoms with Crippen molar-refractivity contribution in [3.8, 4) is 5.88 Å². The smallest absolute Gasteiger partial charge is 0.254 e. The molecule has 25 heavy (non-hydrogen) atoms. The number of ether oxygens (including phenoxy) is 1. The topological polar surface area (TPSA) is 102 Å². The molecule has 2 aromatic heterocycles. The van der Waals surface area contributed by atoms with E-state index in [-0.39, 0.29) is 18.6 Å². The third-order valence-electron chi connectivity index (χ3n) is 4.25. The minimum Gasteiger partial charge on any atom is -0.475 e. The molecule has 0 saturated carbocycles. The summed E-state index contributed by atoms with van der Waals surface area (Å²) < 4.78 is 10.9. The SMILES string of the molecule is CC[C@@H](C)Oc1cc(C(=O)N2C[C@H](O)C[C@@H]2c2nc(C)no2)ccn1. The van der Waals surface area contributed by atoms with Gasteiger partial charge in [-0.2, -0.15) is 4.98 Å². The van der Waals surface area contributed by atoms with E-state index in [2.05, 4.69) is 15.1 Å². The van der Waals surface area contributed by atoms with E-state index >= 15 is 0 Å². The summed E-state index contributed by atoms with van der Waals surface area (Å²) in [6.45, 7) is 5.89. The normalized spacial score (nSPS) is 21.4. The maximum Gasteiger partial charge on any atom is 0.254 e. The van der Waals surface area contributed by atoms with Gasteiger partial charge in [0.05, 0.1) is 12.2 Å². The van der Waals surface area contributed by atoms with Crippen LogP contribution in [0.5, 0.6) is 5.88 Å². The van der Waals surface area contributed by atoms with Gasteiger partial charge in [0, 0.05) is 30.8 Å². The van der Waals surface area contributed by atoms with Crippen LogP contribution in [-0.4, -0.2) is 49.8 Å². The van der Waals surface area contributed by atoms with Crippen molar-refractivity contribution in [2.24, 2.45) is 0 Å². The first-order chi connectivity index (χ1) is 12.0. The number of aryl methyl sites for hydroxylation is 1. The molecule has 0 spiro atoms. The fraction of sp³-hybridized carbons (Fsp3) is 0.529. The fourth-order valence-electron chi connectivity index (χ4n) is 2.78. The quantitative estimate of drug-likeness (QED) is 0.882. The highest BCUT2D eigenvalue weighted by Crippen LogP contribution is 2.32. The van der Waals surface area contributed by atoms with Crippen LogP contribution in [0.4, 0.5) is 0 Å². The molecule has 1 N–H and O–H groups in total. The Kier molecular flexibility index (Phi) is 4.98. The second-order valence-corrected chi connectivity index (χ2v) is 6.26. The summed E-state index contributed by atoms with van der Waals surface area (Å²) in [5, 5.41) is 13.8. The number of rotatable bonds is 5. The zero-order valence-corrected chi connectivity index (χ0v) is 14.5. The average Bonchev–Trinajstić information content (AvgIpc) is 3.20. The van der Waals surface area contributed by atoms with E-state index in [9.17, 15) is 9.90 Å². The highest BCUT2D eigenvalue weighted by atomic mass is 16.5. The molecule has 0 aromatic carbocycles. The van der Waals surface area contributed by atoms with Gasteiger partial charge >= 0.3 is 0 Å². The van der Waals surface area contributed by atoms with Crippen LogP contribution >= 0.6 is 0 Å². The van der Waals surface area contributed by atoms with Crippen LogP contribution in [0.2, 0.25) is 0 Å². The number of likely N-dealkylation sites (tertiary alicyclic amines) is 1. The highest BCUT2D eigenvalue weighted by molar-refractivity contribution is 5.94. The van der Waals surface area contributed by atoms with Crippen LogP contribution in [0, 0.1) is 6.92 Å². The van der Waals surface area contributed by atoms with Gasteiger partial charge < -0.3 is 19.3 Å². The minimum absolute atomic E-state index is 0.0144. The van der Waals surface area contributed by atoms with Gasteiger partial charge in [0.15, 0.2) is 5.82 Å². The number of aliphatic hydroxyl groups excluding tert-OH is 1. The van der Waals surface area contributed by atoms with Crippen LogP contribution in [-0.2, 0) is 0 Å². The summed E-state index contributed by atoms with van der Waals surface area (Å²) in [6, 6.07) is 2.82. The van der Waals surface area contributed by atoms with Crippen LogP contribution in [0.15, 0.2) is 22.9 Å². The van der Waals surface area contributed by atoms with Gasteiger partial charge in [-0.15, -0.1) is 0 Å². The number of hydrogen-bond acceptors (Lipinski definition) is 7. The van der Waals surface area contributed by atoms with Gasteiger partial charge in [-0.3, -0.25) is 4.79 Å². The molecule has 2 aromatic rings. The van der Waals surface area contributed by atoms with Crippen molar-refractivity contribution < 1.29 is 19.2 Å². The Morgan fingerprint density at radius 3 is 3.04 bits per heavy atom. The Morgan fingerprint density at radius 2 is 2.36 bits per heavy atom. The molecule has 0 radical (unpaired) electrons. The van der Waals surface area contributed by atoms with Crippen molar-refractivity contribution in [1.29, 1.82) is 0 Å². The fourth-order valence-corrected chi connectivity index (χ4v) is 2.78. The third-order valence-corrected chi connectivity index (χ3v) is 4.25. The van der Waals surface area contributed by atoms with Gasteiger partial charge in [0.25, 0.3) is 5.91 Å². The number of pyridine rings is 1. The monoisotopic (exact) mass is 346 g/mol. The summed E-state index contributed by atoms with van der Waals surface area (Å²) in [4.78, 5) is 22.8. The Hall–Kier alpha value is -2.48. The predicted molar refractivity (Wildman–Crippen MR) is 88.1 cm³/mol. The molecular formula is C17H22N4O4. The zero-order chi connectivity index (χ0) is 18.0. The van der Waals surface area contributed by atoms with Gasteiger partial charge in [-0.05, 0) is 26.3 Å². The second-order valence-electron chi connectivity index (χ2n) is 6.26. The first kappa shape index (κ1) is 17.3. The average molecular weight is 346 g/mol. The summed E-state index contributed by atoms with van der Waals surface area (Å²) in [5.74, 6) is 1.02. The molecule has 1 amide bonds. The van der Waals surface area contributed by atoms with Crippen molar-refractivity contribution in [3.63, 3.8) is 0 Å². The molecular weight excluding hydrogens is 324 g/mol. The molecule has 8 heteroatoms. The molecule has 1 fully saturated rings.